The maximum absolute atomic E-state index is 9.52. The molecule has 0 unspecified atom stereocenters. The highest BCUT2D eigenvalue weighted by molar-refractivity contribution is 5.55. The molecule has 4 heteroatoms. The summed E-state index contributed by atoms with van der Waals surface area (Å²) in [5, 5.41) is 13.7. The van der Waals surface area contributed by atoms with Gasteiger partial charge in [0.25, 0.3) is 5.89 Å². The van der Waals surface area contributed by atoms with Gasteiger partial charge in [-0.05, 0) is 55.7 Å². The Labute approximate surface area is 125 Å². The predicted octanol–water partition coefficient (Wildman–Crippen LogP) is 4.37. The molecule has 0 amide bonds. The van der Waals surface area contributed by atoms with Crippen LogP contribution in [0.25, 0.3) is 11.5 Å². The van der Waals surface area contributed by atoms with Gasteiger partial charge in [-0.15, -0.1) is 0 Å². The van der Waals surface area contributed by atoms with E-state index < -0.39 is 0 Å². The number of aromatic hydroxyl groups is 1. The zero-order chi connectivity index (χ0) is 14.8. The van der Waals surface area contributed by atoms with E-state index in [1.807, 2.05) is 6.07 Å². The summed E-state index contributed by atoms with van der Waals surface area (Å²) in [7, 11) is 0. The SMILES string of the molecule is CC(C)C1CCC(c2noc(-c3cccc(O)c3)n2)CC1. The lowest BCUT2D eigenvalue weighted by Crippen LogP contribution is -2.18. The van der Waals surface area contributed by atoms with Crippen molar-refractivity contribution in [1.82, 2.24) is 10.1 Å². The van der Waals surface area contributed by atoms with Crippen LogP contribution in [-0.2, 0) is 0 Å². The summed E-state index contributed by atoms with van der Waals surface area (Å²) in [5.74, 6) is 3.53. The molecule has 1 aromatic carbocycles. The van der Waals surface area contributed by atoms with Crippen molar-refractivity contribution in [3.05, 3.63) is 30.1 Å². The van der Waals surface area contributed by atoms with Gasteiger partial charge in [-0.25, -0.2) is 0 Å². The van der Waals surface area contributed by atoms with Crippen LogP contribution < -0.4 is 0 Å². The summed E-state index contributed by atoms with van der Waals surface area (Å²) in [5.41, 5.74) is 0.768. The third kappa shape index (κ3) is 3.09. The third-order valence-corrected chi connectivity index (χ3v) is 4.61. The van der Waals surface area contributed by atoms with Gasteiger partial charge in [-0.1, -0.05) is 25.1 Å². The molecule has 0 bridgehead atoms. The Morgan fingerprint density at radius 1 is 1.19 bits per heavy atom. The van der Waals surface area contributed by atoms with Crippen molar-refractivity contribution in [2.24, 2.45) is 11.8 Å². The Bertz CT molecular complexity index is 598. The van der Waals surface area contributed by atoms with E-state index in [0.717, 1.165) is 36.1 Å². The molecule has 1 heterocycles. The van der Waals surface area contributed by atoms with Gasteiger partial charge in [0.1, 0.15) is 5.75 Å². The van der Waals surface area contributed by atoms with Gasteiger partial charge in [-0.3, -0.25) is 0 Å². The Hall–Kier alpha value is -1.84. The normalized spacial score (nSPS) is 22.6. The number of rotatable bonds is 3. The Balaban J connectivity index is 1.71. The van der Waals surface area contributed by atoms with Crippen molar-refractivity contribution >= 4 is 0 Å². The van der Waals surface area contributed by atoms with Crippen LogP contribution in [0.3, 0.4) is 0 Å². The monoisotopic (exact) mass is 286 g/mol. The smallest absolute Gasteiger partial charge is 0.258 e. The van der Waals surface area contributed by atoms with E-state index >= 15 is 0 Å². The van der Waals surface area contributed by atoms with Crippen LogP contribution in [0.4, 0.5) is 0 Å². The van der Waals surface area contributed by atoms with Gasteiger partial charge in [0.15, 0.2) is 5.82 Å². The van der Waals surface area contributed by atoms with E-state index in [1.165, 1.54) is 12.8 Å². The first kappa shape index (κ1) is 14.1. The quantitative estimate of drug-likeness (QED) is 0.910. The van der Waals surface area contributed by atoms with Gasteiger partial charge in [0.2, 0.25) is 0 Å². The molecule has 3 rings (SSSR count). The molecule has 1 aliphatic rings. The van der Waals surface area contributed by atoms with Crippen LogP contribution in [0, 0.1) is 11.8 Å². The topological polar surface area (TPSA) is 59.2 Å². The van der Waals surface area contributed by atoms with Crippen molar-refractivity contribution in [2.45, 2.75) is 45.4 Å². The van der Waals surface area contributed by atoms with Crippen LogP contribution in [0.5, 0.6) is 5.75 Å². The number of hydrogen-bond donors (Lipinski definition) is 1. The first-order valence-corrected chi connectivity index (χ1v) is 7.76. The lowest BCUT2D eigenvalue weighted by Gasteiger charge is -2.29. The summed E-state index contributed by atoms with van der Waals surface area (Å²) in [6, 6.07) is 6.93. The molecule has 1 N–H and O–H groups in total. The first-order valence-electron chi connectivity index (χ1n) is 7.76. The molecule has 2 aromatic rings. The standard InChI is InChI=1S/C17H22N2O2/c1-11(2)12-6-8-13(9-7-12)16-18-17(21-19-16)14-4-3-5-15(20)10-14/h3-5,10-13,20H,6-9H2,1-2H3. The van der Waals surface area contributed by atoms with Gasteiger partial charge >= 0.3 is 0 Å². The molecule has 1 aromatic heterocycles. The highest BCUT2D eigenvalue weighted by Gasteiger charge is 2.27. The van der Waals surface area contributed by atoms with E-state index in [4.69, 9.17) is 4.52 Å². The molecule has 0 aliphatic heterocycles. The zero-order valence-corrected chi connectivity index (χ0v) is 12.6. The maximum atomic E-state index is 9.52. The lowest BCUT2D eigenvalue weighted by molar-refractivity contribution is 0.252. The molecule has 112 valence electrons. The number of benzene rings is 1. The molecule has 21 heavy (non-hydrogen) atoms. The summed E-state index contributed by atoms with van der Waals surface area (Å²) in [6.45, 7) is 4.61. The second kappa shape index (κ2) is 5.88. The van der Waals surface area contributed by atoms with Gasteiger partial charge < -0.3 is 9.63 Å². The second-order valence-electron chi connectivity index (χ2n) is 6.36. The highest BCUT2D eigenvalue weighted by Crippen LogP contribution is 2.38. The Morgan fingerprint density at radius 3 is 2.62 bits per heavy atom. The molecule has 0 radical (unpaired) electrons. The number of phenolic OH excluding ortho intramolecular Hbond substituents is 1. The maximum Gasteiger partial charge on any atom is 0.258 e. The van der Waals surface area contributed by atoms with E-state index in [-0.39, 0.29) is 5.75 Å². The Kier molecular flexibility index (Phi) is 3.95. The molecule has 0 spiro atoms. The molecule has 0 saturated heterocycles. The summed E-state index contributed by atoms with van der Waals surface area (Å²) in [6.07, 6.45) is 4.78. The number of aromatic nitrogens is 2. The van der Waals surface area contributed by atoms with Crippen LogP contribution >= 0.6 is 0 Å². The fourth-order valence-corrected chi connectivity index (χ4v) is 3.20. The minimum Gasteiger partial charge on any atom is -0.508 e. The number of hydrogen-bond acceptors (Lipinski definition) is 4. The van der Waals surface area contributed by atoms with Crippen molar-refractivity contribution < 1.29 is 9.63 Å². The molecule has 0 atom stereocenters. The summed E-state index contributed by atoms with van der Waals surface area (Å²) in [4.78, 5) is 4.53. The van der Waals surface area contributed by atoms with Crippen LogP contribution in [0.1, 0.15) is 51.3 Å². The van der Waals surface area contributed by atoms with Crippen LogP contribution in [0.2, 0.25) is 0 Å². The van der Waals surface area contributed by atoms with Crippen LogP contribution in [0.15, 0.2) is 28.8 Å². The fraction of sp³-hybridized carbons (Fsp3) is 0.529. The highest BCUT2D eigenvalue weighted by atomic mass is 16.5. The van der Waals surface area contributed by atoms with Crippen LogP contribution in [-0.4, -0.2) is 15.2 Å². The minimum absolute atomic E-state index is 0.213. The fourth-order valence-electron chi connectivity index (χ4n) is 3.20. The minimum atomic E-state index is 0.213. The van der Waals surface area contributed by atoms with Crippen molar-refractivity contribution in [3.8, 4) is 17.2 Å². The second-order valence-corrected chi connectivity index (χ2v) is 6.36. The average molecular weight is 286 g/mol. The van der Waals surface area contributed by atoms with E-state index in [9.17, 15) is 5.11 Å². The van der Waals surface area contributed by atoms with Gasteiger partial charge in [0.05, 0.1) is 0 Å². The molecule has 1 aliphatic carbocycles. The van der Waals surface area contributed by atoms with E-state index in [1.54, 1.807) is 18.2 Å². The lowest BCUT2D eigenvalue weighted by atomic mass is 9.77. The van der Waals surface area contributed by atoms with E-state index in [2.05, 4.69) is 24.0 Å². The third-order valence-electron chi connectivity index (χ3n) is 4.61. The van der Waals surface area contributed by atoms with E-state index in [0.29, 0.717) is 11.8 Å². The molecule has 1 fully saturated rings. The predicted molar refractivity (Wildman–Crippen MR) is 80.9 cm³/mol. The zero-order valence-electron chi connectivity index (χ0n) is 12.6. The Morgan fingerprint density at radius 2 is 1.95 bits per heavy atom. The molecule has 1 saturated carbocycles. The largest absolute Gasteiger partial charge is 0.508 e. The van der Waals surface area contributed by atoms with Gasteiger partial charge in [0, 0.05) is 11.5 Å². The number of phenols is 1. The summed E-state index contributed by atoms with van der Waals surface area (Å²) >= 11 is 0. The molecular weight excluding hydrogens is 264 g/mol. The summed E-state index contributed by atoms with van der Waals surface area (Å²) < 4.78 is 5.36. The first-order chi connectivity index (χ1) is 10.1. The molecular formula is C17H22N2O2. The van der Waals surface area contributed by atoms with Crippen molar-refractivity contribution in [1.29, 1.82) is 0 Å². The van der Waals surface area contributed by atoms with Crippen molar-refractivity contribution in [2.75, 3.05) is 0 Å². The van der Waals surface area contributed by atoms with Gasteiger partial charge in [-0.2, -0.15) is 4.98 Å². The average Bonchev–Trinajstić information content (AvgIpc) is 2.97. The number of nitrogens with zero attached hydrogens (tertiary/aromatic N) is 2. The van der Waals surface area contributed by atoms with Crippen molar-refractivity contribution in [3.63, 3.8) is 0 Å². The molecule has 4 nitrogen and oxygen atoms in total.